The Morgan fingerprint density at radius 1 is 1.11 bits per heavy atom. The van der Waals surface area contributed by atoms with Crippen molar-refractivity contribution in [3.63, 3.8) is 0 Å². The summed E-state index contributed by atoms with van der Waals surface area (Å²) in [5.74, 6) is -0.544. The molecule has 0 aliphatic heterocycles. The van der Waals surface area contributed by atoms with Crippen LogP contribution in [0.4, 0.5) is 5.69 Å². The lowest BCUT2D eigenvalue weighted by Crippen LogP contribution is -2.22. The number of nitrogens with zero attached hydrogens (tertiary/aromatic N) is 2. The number of anilines is 1. The average Bonchev–Trinajstić information content (AvgIpc) is 3.16. The Bertz CT molecular complexity index is 975. The molecular formula is C19H17BrN4O3S. The number of methoxy groups -OCH3 is 1. The summed E-state index contributed by atoms with van der Waals surface area (Å²) in [5.41, 5.74) is 2.07. The molecule has 2 aromatic carbocycles. The lowest BCUT2D eigenvalue weighted by atomic mass is 10.1. The smallest absolute Gasteiger partial charge is 0.286 e. The fourth-order valence-corrected chi connectivity index (χ4v) is 3.50. The maximum absolute atomic E-state index is 12.3. The van der Waals surface area contributed by atoms with Gasteiger partial charge in [-0.05, 0) is 42.0 Å². The summed E-state index contributed by atoms with van der Waals surface area (Å²) >= 11 is 4.58. The number of benzene rings is 2. The van der Waals surface area contributed by atoms with E-state index in [1.807, 2.05) is 24.3 Å². The van der Waals surface area contributed by atoms with E-state index in [4.69, 9.17) is 4.74 Å². The third-order valence-electron chi connectivity index (χ3n) is 3.68. The topological polar surface area (TPSA) is 93.2 Å². The normalized spacial score (nSPS) is 10.5. The monoisotopic (exact) mass is 460 g/mol. The summed E-state index contributed by atoms with van der Waals surface area (Å²) in [6, 6.07) is 14.4. The van der Waals surface area contributed by atoms with E-state index in [9.17, 15) is 9.59 Å². The van der Waals surface area contributed by atoms with Crippen LogP contribution in [-0.2, 0) is 17.9 Å². The average molecular weight is 461 g/mol. The van der Waals surface area contributed by atoms with Gasteiger partial charge in [-0.1, -0.05) is 39.4 Å². The molecule has 0 aliphatic rings. The first-order chi connectivity index (χ1) is 13.5. The fourth-order valence-electron chi connectivity index (χ4n) is 2.35. The molecule has 0 bridgehead atoms. The van der Waals surface area contributed by atoms with E-state index in [-0.39, 0.29) is 16.8 Å². The van der Waals surface area contributed by atoms with Gasteiger partial charge in [0.05, 0.1) is 6.61 Å². The first-order valence-corrected chi connectivity index (χ1v) is 9.91. The van der Waals surface area contributed by atoms with E-state index in [1.54, 1.807) is 31.4 Å². The Morgan fingerprint density at radius 2 is 1.89 bits per heavy atom. The van der Waals surface area contributed by atoms with Gasteiger partial charge in [-0.15, -0.1) is 10.2 Å². The molecule has 3 aromatic rings. The third kappa shape index (κ3) is 5.44. The highest BCUT2D eigenvalue weighted by Gasteiger charge is 2.13. The largest absolute Gasteiger partial charge is 0.377 e. The van der Waals surface area contributed by atoms with Gasteiger partial charge in [0.2, 0.25) is 5.01 Å². The minimum atomic E-state index is -0.355. The number of hydrogen-bond acceptors (Lipinski definition) is 6. The lowest BCUT2D eigenvalue weighted by Gasteiger charge is -2.07. The molecule has 0 unspecified atom stereocenters. The molecule has 2 N–H and O–H groups in total. The minimum absolute atomic E-state index is 0.189. The van der Waals surface area contributed by atoms with Crippen molar-refractivity contribution in [3.8, 4) is 0 Å². The molecule has 3 rings (SSSR count). The van der Waals surface area contributed by atoms with E-state index in [0.717, 1.165) is 10.0 Å². The Morgan fingerprint density at radius 3 is 2.61 bits per heavy atom. The van der Waals surface area contributed by atoms with Gasteiger partial charge in [-0.3, -0.25) is 9.59 Å². The van der Waals surface area contributed by atoms with Crippen molar-refractivity contribution in [1.82, 2.24) is 15.5 Å². The van der Waals surface area contributed by atoms with E-state index in [1.165, 1.54) is 11.3 Å². The minimum Gasteiger partial charge on any atom is -0.377 e. The molecule has 0 saturated carbocycles. The number of amides is 2. The van der Waals surface area contributed by atoms with Gasteiger partial charge in [0, 0.05) is 29.4 Å². The highest BCUT2D eigenvalue weighted by molar-refractivity contribution is 9.10. The van der Waals surface area contributed by atoms with Crippen LogP contribution < -0.4 is 10.6 Å². The summed E-state index contributed by atoms with van der Waals surface area (Å²) in [7, 11) is 1.55. The van der Waals surface area contributed by atoms with Gasteiger partial charge in [0.1, 0.15) is 5.01 Å². The molecule has 0 fully saturated rings. The Hall–Kier alpha value is -2.62. The summed E-state index contributed by atoms with van der Waals surface area (Å²) < 4.78 is 5.93. The van der Waals surface area contributed by atoms with Gasteiger partial charge in [0.25, 0.3) is 11.8 Å². The van der Waals surface area contributed by atoms with Crippen LogP contribution in [0, 0.1) is 0 Å². The van der Waals surface area contributed by atoms with Crippen LogP contribution in [-0.4, -0.2) is 29.1 Å². The van der Waals surface area contributed by atoms with Crippen LogP contribution in [0.15, 0.2) is 53.0 Å². The standard InChI is InChI=1S/C19H17BrN4O3S/c1-27-11-16-23-24-19(28-16)18(26)22-15-7-5-13(6-8-15)17(25)21-10-12-3-2-4-14(20)9-12/h2-9H,10-11H2,1H3,(H,21,25)(H,22,26). The van der Waals surface area contributed by atoms with Crippen LogP contribution >= 0.6 is 27.3 Å². The zero-order valence-corrected chi connectivity index (χ0v) is 17.3. The van der Waals surface area contributed by atoms with Gasteiger partial charge in [-0.2, -0.15) is 0 Å². The van der Waals surface area contributed by atoms with Gasteiger partial charge < -0.3 is 15.4 Å². The molecular weight excluding hydrogens is 444 g/mol. The number of ether oxygens (including phenoxy) is 1. The Balaban J connectivity index is 1.56. The first kappa shape index (κ1) is 20.1. The molecule has 0 radical (unpaired) electrons. The van der Waals surface area contributed by atoms with Crippen molar-refractivity contribution in [3.05, 3.63) is 74.1 Å². The van der Waals surface area contributed by atoms with Crippen molar-refractivity contribution < 1.29 is 14.3 Å². The van der Waals surface area contributed by atoms with Crippen LogP contribution in [0.2, 0.25) is 0 Å². The van der Waals surface area contributed by atoms with E-state index in [0.29, 0.717) is 29.4 Å². The van der Waals surface area contributed by atoms with Crippen molar-refractivity contribution in [2.24, 2.45) is 0 Å². The molecule has 0 spiro atoms. The van der Waals surface area contributed by atoms with Gasteiger partial charge >= 0.3 is 0 Å². The van der Waals surface area contributed by atoms with Crippen molar-refractivity contribution >= 4 is 44.8 Å². The van der Waals surface area contributed by atoms with Crippen molar-refractivity contribution in [2.75, 3.05) is 12.4 Å². The Kier molecular flexibility index (Phi) is 6.85. The zero-order chi connectivity index (χ0) is 19.9. The number of rotatable bonds is 7. The van der Waals surface area contributed by atoms with Crippen LogP contribution in [0.5, 0.6) is 0 Å². The molecule has 144 valence electrons. The predicted molar refractivity (Wildman–Crippen MR) is 110 cm³/mol. The summed E-state index contributed by atoms with van der Waals surface area (Å²) in [6.07, 6.45) is 0. The van der Waals surface area contributed by atoms with Crippen molar-refractivity contribution in [1.29, 1.82) is 0 Å². The quantitative estimate of drug-likeness (QED) is 0.561. The molecule has 1 heterocycles. The number of hydrogen-bond donors (Lipinski definition) is 2. The Labute approximate surface area is 174 Å². The molecule has 7 nitrogen and oxygen atoms in total. The molecule has 0 aliphatic carbocycles. The van der Waals surface area contributed by atoms with E-state index >= 15 is 0 Å². The number of nitrogens with one attached hydrogen (secondary N) is 2. The summed E-state index contributed by atoms with van der Waals surface area (Å²) in [4.78, 5) is 24.5. The van der Waals surface area contributed by atoms with Gasteiger partial charge in [0.15, 0.2) is 0 Å². The summed E-state index contributed by atoms with van der Waals surface area (Å²) in [5, 5.41) is 14.2. The SMILES string of the molecule is COCc1nnc(C(=O)Nc2ccc(C(=O)NCc3cccc(Br)c3)cc2)s1. The van der Waals surface area contributed by atoms with Crippen LogP contribution in [0.3, 0.4) is 0 Å². The lowest BCUT2D eigenvalue weighted by molar-refractivity contribution is 0.0950. The number of aromatic nitrogens is 2. The molecule has 1 aromatic heterocycles. The second-order valence-corrected chi connectivity index (χ2v) is 7.76. The van der Waals surface area contributed by atoms with Crippen molar-refractivity contribution in [2.45, 2.75) is 13.2 Å². The number of halogens is 1. The number of carbonyl (C=O) groups is 2. The zero-order valence-electron chi connectivity index (χ0n) is 14.9. The first-order valence-electron chi connectivity index (χ1n) is 8.30. The maximum atomic E-state index is 12.3. The molecule has 2 amide bonds. The molecule has 28 heavy (non-hydrogen) atoms. The second-order valence-electron chi connectivity index (χ2n) is 5.78. The second kappa shape index (κ2) is 9.54. The maximum Gasteiger partial charge on any atom is 0.286 e. The summed E-state index contributed by atoms with van der Waals surface area (Å²) in [6.45, 7) is 0.742. The highest BCUT2D eigenvalue weighted by atomic mass is 79.9. The van der Waals surface area contributed by atoms with Gasteiger partial charge in [-0.25, -0.2) is 0 Å². The van der Waals surface area contributed by atoms with Crippen LogP contribution in [0.25, 0.3) is 0 Å². The highest BCUT2D eigenvalue weighted by Crippen LogP contribution is 2.15. The number of carbonyl (C=O) groups excluding carboxylic acids is 2. The van der Waals surface area contributed by atoms with Crippen LogP contribution in [0.1, 0.15) is 30.7 Å². The molecule has 0 saturated heterocycles. The van der Waals surface area contributed by atoms with E-state index in [2.05, 4.69) is 36.8 Å². The van der Waals surface area contributed by atoms with E-state index < -0.39 is 0 Å². The predicted octanol–water partition coefficient (Wildman–Crippen LogP) is 3.63. The molecule has 0 atom stereocenters. The fraction of sp³-hybridized carbons (Fsp3) is 0.158. The third-order valence-corrected chi connectivity index (χ3v) is 5.06. The molecule has 9 heteroatoms.